The first kappa shape index (κ1) is 41.4. The van der Waals surface area contributed by atoms with Gasteiger partial charge in [-0.1, -0.05) is 20.4 Å². The maximum atomic E-state index is 14.2. The number of piperazine rings is 1. The maximum absolute atomic E-state index is 14.2. The van der Waals surface area contributed by atoms with E-state index in [-0.39, 0.29) is 39.5 Å². The number of ether oxygens (including phenoxy) is 1. The van der Waals surface area contributed by atoms with Gasteiger partial charge in [0.25, 0.3) is 11.5 Å². The van der Waals surface area contributed by atoms with E-state index < -0.39 is 33.2 Å². The highest BCUT2D eigenvalue weighted by Gasteiger charge is 2.39. The predicted octanol–water partition coefficient (Wildman–Crippen LogP) is 3.88. The number of hydrogen-bond acceptors (Lipinski definition) is 12. The molecule has 0 bridgehead atoms. The number of rotatable bonds is 11. The Hall–Kier alpha value is -5.36. The Bertz CT molecular complexity index is 2580. The number of carbonyl (C=O) groups is 2. The Kier molecular flexibility index (Phi) is 10.8. The smallest absolute Gasteiger partial charge is 0.293 e. The number of hydrogen-bond donors (Lipinski definition) is 3. The van der Waals surface area contributed by atoms with Gasteiger partial charge in [-0.2, -0.15) is 0 Å². The van der Waals surface area contributed by atoms with Crippen molar-refractivity contribution < 1.29 is 27.9 Å². The second-order valence-corrected chi connectivity index (χ2v) is 19.8. The molecule has 2 amide bonds. The first-order chi connectivity index (χ1) is 28.5. The number of anilines is 5. The van der Waals surface area contributed by atoms with Crippen molar-refractivity contribution in [3.05, 3.63) is 82.2 Å². The quantitative estimate of drug-likeness (QED) is 0.186. The number of aliphatic hydroxyl groups excluding tert-OH is 1. The number of nitrogens with zero attached hydrogens (tertiary/aromatic N) is 7. The third-order valence-corrected chi connectivity index (χ3v) is 14.4. The lowest BCUT2D eigenvalue weighted by atomic mass is 9.90. The van der Waals surface area contributed by atoms with Crippen LogP contribution in [0.3, 0.4) is 0 Å². The van der Waals surface area contributed by atoms with Crippen LogP contribution in [-0.4, -0.2) is 106 Å². The molecule has 3 aromatic heterocycles. The van der Waals surface area contributed by atoms with Crippen LogP contribution in [0, 0.1) is 5.41 Å². The van der Waals surface area contributed by atoms with Crippen LogP contribution < -0.4 is 26.0 Å². The normalized spacial score (nSPS) is 19.3. The van der Waals surface area contributed by atoms with Crippen molar-refractivity contribution in [3.63, 3.8) is 0 Å². The Labute approximate surface area is 349 Å². The lowest BCUT2D eigenvalue weighted by Gasteiger charge is -2.47. The molecular formula is C43H53N9O7S. The summed E-state index contributed by atoms with van der Waals surface area (Å²) >= 11 is 0. The Morgan fingerprint density at radius 1 is 1.12 bits per heavy atom. The van der Waals surface area contributed by atoms with Crippen molar-refractivity contribution in [2.45, 2.75) is 82.8 Å². The summed E-state index contributed by atoms with van der Waals surface area (Å²) in [6, 6.07) is 6.93. The number of benzene rings is 1. The number of pyridine rings is 1. The number of aliphatic hydroxyl groups is 1. The number of carbonyl (C=O) groups excluding carboxylic acids is 2. The monoisotopic (exact) mass is 839 g/mol. The minimum atomic E-state index is -3.97. The van der Waals surface area contributed by atoms with E-state index in [1.807, 2.05) is 17.9 Å². The zero-order valence-corrected chi connectivity index (χ0v) is 35.8. The molecular weight excluding hydrogens is 787 g/mol. The molecule has 60 heavy (non-hydrogen) atoms. The fourth-order valence-corrected chi connectivity index (χ4v) is 10.3. The molecule has 2 saturated heterocycles. The number of nitrogens with one attached hydrogen (secondary N) is 2. The van der Waals surface area contributed by atoms with Crippen LogP contribution in [0.5, 0.6) is 0 Å². The Morgan fingerprint density at radius 3 is 2.55 bits per heavy atom. The molecule has 3 aliphatic heterocycles. The van der Waals surface area contributed by atoms with Crippen molar-refractivity contribution >= 4 is 50.3 Å². The van der Waals surface area contributed by atoms with Gasteiger partial charge in [0.1, 0.15) is 11.5 Å². The standard InChI is InChI=1S/C43H53N9O7S/c1-8-37(54)46-32-16-28(17-36(60(57,58)25(2)3)38(32)50-12-11-49(20-26(50)4)29-23-59-24-29)45-39-42(56)48(7)21-33(47-39)30-9-10-44-40(31(30)22-53)52-14-13-51-34(41(52)55)15-27-18-43(5,6)19-35(27)51/h8-10,15-17,21,25-26,29,53H,1,11-14,18-20,22-24H2,2-7H3,(H,45,47)(H,46,54)/t26-/m0/s1. The molecule has 17 heteroatoms. The van der Waals surface area contributed by atoms with Crippen molar-refractivity contribution in [3.8, 4) is 11.3 Å². The van der Waals surface area contributed by atoms with Gasteiger partial charge in [-0.15, -0.1) is 0 Å². The van der Waals surface area contributed by atoms with Crippen LogP contribution in [0.15, 0.2) is 59.0 Å². The van der Waals surface area contributed by atoms with Crippen molar-refractivity contribution in [2.24, 2.45) is 12.5 Å². The van der Waals surface area contributed by atoms with Crippen molar-refractivity contribution in [1.82, 2.24) is 24.0 Å². The third kappa shape index (κ3) is 7.30. The van der Waals surface area contributed by atoms with Gasteiger partial charge in [-0.05, 0) is 74.9 Å². The van der Waals surface area contributed by atoms with Gasteiger partial charge in [0, 0.05) is 80.7 Å². The lowest BCUT2D eigenvalue weighted by molar-refractivity contribution is -0.111. The zero-order valence-electron chi connectivity index (χ0n) is 35.0. The topological polar surface area (TPSA) is 184 Å². The molecule has 4 aromatic rings. The maximum Gasteiger partial charge on any atom is 0.293 e. The second-order valence-electron chi connectivity index (χ2n) is 17.3. The second kappa shape index (κ2) is 15.6. The van der Waals surface area contributed by atoms with E-state index in [0.29, 0.717) is 86.0 Å². The Balaban J connectivity index is 1.17. The SMILES string of the molecule is C=CC(=O)Nc1cc(Nc2nc(-c3ccnc(N4CCn5c(cc6c5CC(C)(C)C6)C4=O)c3CO)cn(C)c2=O)cc(S(=O)(=O)C(C)C)c1N1CCN(C2COC2)C[C@@H]1C. The predicted molar refractivity (Wildman–Crippen MR) is 230 cm³/mol. The number of aryl methyl sites for hydroxylation is 1. The van der Waals surface area contributed by atoms with E-state index in [0.717, 1.165) is 18.9 Å². The van der Waals surface area contributed by atoms with Crippen LogP contribution >= 0.6 is 0 Å². The molecule has 0 saturated carbocycles. The highest BCUT2D eigenvalue weighted by molar-refractivity contribution is 7.92. The molecule has 4 aliphatic rings. The fraction of sp³-hybridized carbons (Fsp3) is 0.465. The number of sulfone groups is 1. The first-order valence-electron chi connectivity index (χ1n) is 20.4. The fourth-order valence-electron chi connectivity index (χ4n) is 8.99. The highest BCUT2D eigenvalue weighted by Crippen LogP contribution is 2.42. The Morgan fingerprint density at radius 2 is 1.88 bits per heavy atom. The number of aromatic nitrogens is 4. The van der Waals surface area contributed by atoms with Crippen LogP contribution in [0.4, 0.5) is 28.7 Å². The summed E-state index contributed by atoms with van der Waals surface area (Å²) in [7, 11) is -2.41. The van der Waals surface area contributed by atoms with Gasteiger partial charge < -0.3 is 34.5 Å². The average Bonchev–Trinajstić information content (AvgIpc) is 3.67. The molecule has 3 N–H and O–H groups in total. The molecule has 1 atom stereocenters. The first-order valence-corrected chi connectivity index (χ1v) is 22.0. The average molecular weight is 840 g/mol. The van der Waals surface area contributed by atoms with E-state index in [9.17, 15) is 27.9 Å². The van der Waals surface area contributed by atoms with Crippen molar-refractivity contribution in [2.75, 3.05) is 59.8 Å². The van der Waals surface area contributed by atoms with Gasteiger partial charge in [-0.3, -0.25) is 24.2 Å². The number of fused-ring (bicyclic) bond motifs is 3. The van der Waals surface area contributed by atoms with E-state index in [1.165, 1.54) is 28.1 Å². The molecule has 0 unspecified atom stereocenters. The van der Waals surface area contributed by atoms with E-state index in [4.69, 9.17) is 9.72 Å². The van der Waals surface area contributed by atoms with E-state index in [2.05, 4.69) is 45.5 Å². The summed E-state index contributed by atoms with van der Waals surface area (Å²) in [5, 5.41) is 15.9. The molecule has 16 nitrogen and oxygen atoms in total. The van der Waals surface area contributed by atoms with Gasteiger partial charge in [0.2, 0.25) is 5.91 Å². The van der Waals surface area contributed by atoms with Crippen molar-refractivity contribution in [1.29, 1.82) is 0 Å². The van der Waals surface area contributed by atoms with Gasteiger partial charge >= 0.3 is 0 Å². The molecule has 318 valence electrons. The summed E-state index contributed by atoms with van der Waals surface area (Å²) in [6.45, 7) is 16.9. The summed E-state index contributed by atoms with van der Waals surface area (Å²) in [6.07, 6.45) is 5.99. The molecule has 1 aliphatic carbocycles. The van der Waals surface area contributed by atoms with Crippen LogP contribution in [0.1, 0.15) is 61.9 Å². The summed E-state index contributed by atoms with van der Waals surface area (Å²) in [4.78, 5) is 56.0. The van der Waals surface area contributed by atoms with E-state index >= 15 is 0 Å². The summed E-state index contributed by atoms with van der Waals surface area (Å²) in [5.41, 5.74) is 4.53. The zero-order chi connectivity index (χ0) is 42.8. The van der Waals surface area contributed by atoms with Crippen LogP contribution in [0.25, 0.3) is 11.3 Å². The van der Waals surface area contributed by atoms with Gasteiger partial charge in [0.15, 0.2) is 15.7 Å². The summed E-state index contributed by atoms with van der Waals surface area (Å²) in [5.74, 6) is -0.569. The molecule has 2 fully saturated rings. The molecule has 8 rings (SSSR count). The van der Waals surface area contributed by atoms with Gasteiger partial charge in [-0.25, -0.2) is 18.4 Å². The van der Waals surface area contributed by atoms with Crippen LogP contribution in [-0.2, 0) is 52.4 Å². The minimum Gasteiger partial charge on any atom is -0.392 e. The largest absolute Gasteiger partial charge is 0.392 e. The molecule has 1 aromatic carbocycles. The molecule has 6 heterocycles. The van der Waals surface area contributed by atoms with E-state index in [1.54, 1.807) is 44.1 Å². The number of amides is 2. The highest BCUT2D eigenvalue weighted by atomic mass is 32.2. The lowest BCUT2D eigenvalue weighted by Crippen LogP contribution is -2.59. The van der Waals surface area contributed by atoms with Crippen LogP contribution in [0.2, 0.25) is 0 Å². The molecule has 0 spiro atoms. The minimum absolute atomic E-state index is 0.00487. The molecule has 0 radical (unpaired) electrons. The summed E-state index contributed by atoms with van der Waals surface area (Å²) < 4.78 is 37.3. The van der Waals surface area contributed by atoms with Gasteiger partial charge in [0.05, 0.1) is 53.1 Å². The third-order valence-electron chi connectivity index (χ3n) is 12.2.